The van der Waals surface area contributed by atoms with Gasteiger partial charge in [-0.1, -0.05) is 154 Å². The van der Waals surface area contributed by atoms with Crippen LogP contribution in [0.4, 0.5) is 0 Å². The predicted octanol–water partition coefficient (Wildman–Crippen LogP) is 7.38. The lowest BCUT2D eigenvalue weighted by atomic mass is 9.99. The summed E-state index contributed by atoms with van der Waals surface area (Å²) in [6.45, 7) is 3.27. The highest BCUT2D eigenvalue weighted by atomic mass is 16.7. The molecular weight excluding hydrogens is 640 g/mol. The SMILES string of the molecule is CCCCCCCCCCCCC/C=C/C=C/C(=O)OC[C@@H](CO[C@H]1O[C@@H](CO)[C@@H](O)C(O)C1O)OC(=O)CCCCCCCCCCCC. The van der Waals surface area contributed by atoms with E-state index in [0.717, 1.165) is 32.1 Å². The molecule has 6 atom stereocenters. The molecule has 0 aromatic carbocycles. The third kappa shape index (κ3) is 23.6. The van der Waals surface area contributed by atoms with E-state index in [9.17, 15) is 30.0 Å². The summed E-state index contributed by atoms with van der Waals surface area (Å²) in [7, 11) is 0. The topological polar surface area (TPSA) is 152 Å². The number of aliphatic hydroxyl groups is 4. The summed E-state index contributed by atoms with van der Waals surface area (Å²) in [6, 6.07) is 0. The highest BCUT2D eigenvalue weighted by Crippen LogP contribution is 2.22. The molecule has 1 rings (SSSR count). The van der Waals surface area contributed by atoms with E-state index in [1.54, 1.807) is 6.08 Å². The normalized spacial score (nSPS) is 21.6. The number of carbonyl (C=O) groups excluding carboxylic acids is 2. The summed E-state index contributed by atoms with van der Waals surface area (Å²) >= 11 is 0. The third-order valence-electron chi connectivity index (χ3n) is 9.19. The van der Waals surface area contributed by atoms with Crippen molar-refractivity contribution in [1.29, 1.82) is 0 Å². The summed E-state index contributed by atoms with van der Waals surface area (Å²) in [4.78, 5) is 25.0. The Morgan fingerprint density at radius 1 is 0.660 bits per heavy atom. The molecule has 0 aliphatic carbocycles. The fourth-order valence-corrected chi connectivity index (χ4v) is 5.98. The van der Waals surface area contributed by atoms with Gasteiger partial charge >= 0.3 is 11.9 Å². The van der Waals surface area contributed by atoms with Crippen molar-refractivity contribution in [2.24, 2.45) is 0 Å². The lowest BCUT2D eigenvalue weighted by Gasteiger charge is -2.39. The van der Waals surface area contributed by atoms with Gasteiger partial charge in [0, 0.05) is 12.5 Å². The van der Waals surface area contributed by atoms with Gasteiger partial charge in [-0.3, -0.25) is 4.79 Å². The van der Waals surface area contributed by atoms with Gasteiger partial charge in [-0.2, -0.15) is 0 Å². The number of allylic oxidation sites excluding steroid dienone is 3. The van der Waals surface area contributed by atoms with Crippen molar-refractivity contribution in [1.82, 2.24) is 0 Å². The molecule has 1 heterocycles. The molecule has 0 radical (unpaired) electrons. The molecule has 0 spiro atoms. The van der Waals surface area contributed by atoms with Gasteiger partial charge in [-0.25, -0.2) is 4.79 Å². The van der Waals surface area contributed by atoms with E-state index in [4.69, 9.17) is 18.9 Å². The van der Waals surface area contributed by atoms with E-state index >= 15 is 0 Å². The van der Waals surface area contributed by atoms with Gasteiger partial charge in [0.25, 0.3) is 0 Å². The summed E-state index contributed by atoms with van der Waals surface area (Å²) < 4.78 is 21.9. The first kappa shape index (κ1) is 46.2. The first-order chi connectivity index (χ1) is 24.3. The van der Waals surface area contributed by atoms with Gasteiger partial charge < -0.3 is 39.4 Å². The zero-order valence-electron chi connectivity index (χ0n) is 31.4. The minimum Gasteiger partial charge on any atom is -0.458 e. The van der Waals surface area contributed by atoms with Gasteiger partial charge in [0.15, 0.2) is 12.4 Å². The molecule has 292 valence electrons. The first-order valence-electron chi connectivity index (χ1n) is 20.0. The molecule has 2 unspecified atom stereocenters. The van der Waals surface area contributed by atoms with Crippen LogP contribution in [0.1, 0.15) is 162 Å². The second-order valence-electron chi connectivity index (χ2n) is 13.8. The fraction of sp³-hybridized carbons (Fsp3) is 0.850. The minimum atomic E-state index is -1.60. The lowest BCUT2D eigenvalue weighted by Crippen LogP contribution is -2.59. The van der Waals surface area contributed by atoms with E-state index in [1.165, 1.54) is 109 Å². The molecule has 0 amide bonds. The standard InChI is InChI=1S/C40H72O10/c1-3-5-7-9-11-13-15-16-17-18-19-21-22-24-26-28-35(42)47-31-33(32-48-40-39(46)38(45)37(44)34(30-41)50-40)49-36(43)29-27-25-23-20-14-12-10-8-6-4-2/h22,24,26,28,33-34,37-41,44-46H,3-21,23,25,27,29-32H2,1-2H3/b24-22+,28-26+/t33-,34-,37+,38?,39?,40-/m0/s1. The Hall–Kier alpha value is -1.82. The number of carbonyl (C=O) groups is 2. The highest BCUT2D eigenvalue weighted by Gasteiger charge is 2.44. The monoisotopic (exact) mass is 713 g/mol. The maximum absolute atomic E-state index is 12.6. The van der Waals surface area contributed by atoms with Crippen LogP contribution in [0, 0.1) is 0 Å². The van der Waals surface area contributed by atoms with Crippen LogP contribution in [0.25, 0.3) is 0 Å². The van der Waals surface area contributed by atoms with Crippen LogP contribution >= 0.6 is 0 Å². The summed E-state index contributed by atoms with van der Waals surface area (Å²) in [5, 5.41) is 39.9. The zero-order valence-corrected chi connectivity index (χ0v) is 31.4. The third-order valence-corrected chi connectivity index (χ3v) is 9.19. The quantitative estimate of drug-likeness (QED) is 0.0241. The molecule has 10 heteroatoms. The van der Waals surface area contributed by atoms with Crippen LogP contribution in [0.15, 0.2) is 24.3 Å². The Morgan fingerprint density at radius 2 is 1.18 bits per heavy atom. The molecule has 0 bridgehead atoms. The fourth-order valence-electron chi connectivity index (χ4n) is 5.98. The Balaban J connectivity index is 2.43. The van der Waals surface area contributed by atoms with Crippen LogP contribution in [0.3, 0.4) is 0 Å². The van der Waals surface area contributed by atoms with Crippen molar-refractivity contribution in [3.8, 4) is 0 Å². The second kappa shape index (κ2) is 31.9. The average Bonchev–Trinajstić information content (AvgIpc) is 3.11. The average molecular weight is 713 g/mol. The number of rotatable bonds is 32. The number of esters is 2. The molecule has 4 N–H and O–H groups in total. The molecule has 10 nitrogen and oxygen atoms in total. The number of hydrogen-bond donors (Lipinski definition) is 4. The van der Waals surface area contributed by atoms with Gasteiger partial charge in [0.1, 0.15) is 31.0 Å². The van der Waals surface area contributed by atoms with Gasteiger partial charge in [0.05, 0.1) is 13.2 Å². The maximum atomic E-state index is 12.6. The van der Waals surface area contributed by atoms with Crippen molar-refractivity contribution in [2.45, 2.75) is 198 Å². The summed E-state index contributed by atoms with van der Waals surface area (Å²) in [5.74, 6) is -1.06. The van der Waals surface area contributed by atoms with Crippen LogP contribution in [-0.4, -0.2) is 89.0 Å². The van der Waals surface area contributed by atoms with E-state index < -0.39 is 55.4 Å². The first-order valence-corrected chi connectivity index (χ1v) is 20.0. The summed E-state index contributed by atoms with van der Waals surface area (Å²) in [5.41, 5.74) is 0. The number of hydrogen-bond acceptors (Lipinski definition) is 10. The van der Waals surface area contributed by atoms with Crippen molar-refractivity contribution in [3.05, 3.63) is 24.3 Å². The van der Waals surface area contributed by atoms with E-state index in [0.29, 0.717) is 6.42 Å². The van der Waals surface area contributed by atoms with E-state index in [1.807, 2.05) is 12.2 Å². The van der Waals surface area contributed by atoms with Gasteiger partial charge in [0.2, 0.25) is 0 Å². The number of unbranched alkanes of at least 4 members (excludes halogenated alkanes) is 20. The Kier molecular flexibility index (Phi) is 29.5. The van der Waals surface area contributed by atoms with Crippen LogP contribution in [0.2, 0.25) is 0 Å². The molecule has 0 aromatic rings. The second-order valence-corrected chi connectivity index (χ2v) is 13.8. The Bertz CT molecular complexity index is 876. The molecule has 0 saturated carbocycles. The van der Waals surface area contributed by atoms with Crippen molar-refractivity contribution < 1.29 is 49.0 Å². The predicted molar refractivity (Wildman–Crippen MR) is 196 cm³/mol. The zero-order chi connectivity index (χ0) is 36.7. The molecule has 1 fully saturated rings. The van der Waals surface area contributed by atoms with Gasteiger partial charge in [-0.15, -0.1) is 0 Å². The molecule has 1 saturated heterocycles. The van der Waals surface area contributed by atoms with Crippen LogP contribution < -0.4 is 0 Å². The molecule has 1 aliphatic rings. The van der Waals surface area contributed by atoms with Crippen molar-refractivity contribution in [2.75, 3.05) is 19.8 Å². The highest BCUT2D eigenvalue weighted by molar-refractivity contribution is 5.82. The molecular formula is C40H72O10. The van der Waals surface area contributed by atoms with Crippen molar-refractivity contribution in [3.63, 3.8) is 0 Å². The number of aliphatic hydroxyl groups excluding tert-OH is 4. The summed E-state index contributed by atoms with van der Waals surface area (Å²) in [6.07, 6.45) is 25.4. The van der Waals surface area contributed by atoms with Gasteiger partial charge in [-0.05, 0) is 19.3 Å². The Morgan fingerprint density at radius 3 is 1.72 bits per heavy atom. The Labute approximate surface area is 303 Å². The number of ether oxygens (including phenoxy) is 4. The van der Waals surface area contributed by atoms with E-state index in [-0.39, 0.29) is 19.6 Å². The largest absolute Gasteiger partial charge is 0.458 e. The smallest absolute Gasteiger partial charge is 0.330 e. The van der Waals surface area contributed by atoms with E-state index in [2.05, 4.69) is 13.8 Å². The molecule has 50 heavy (non-hydrogen) atoms. The van der Waals surface area contributed by atoms with Crippen LogP contribution in [0.5, 0.6) is 0 Å². The maximum Gasteiger partial charge on any atom is 0.330 e. The molecule has 0 aromatic heterocycles. The molecule has 1 aliphatic heterocycles. The van der Waals surface area contributed by atoms with Crippen LogP contribution in [-0.2, 0) is 28.5 Å². The lowest BCUT2D eigenvalue weighted by molar-refractivity contribution is -0.305. The minimum absolute atomic E-state index is 0.213. The van der Waals surface area contributed by atoms with Crippen molar-refractivity contribution >= 4 is 11.9 Å².